The van der Waals surface area contributed by atoms with Crippen molar-refractivity contribution in [2.75, 3.05) is 0 Å². The van der Waals surface area contributed by atoms with E-state index in [0.717, 1.165) is 5.69 Å². The first-order valence-electron chi connectivity index (χ1n) is 4.65. The summed E-state index contributed by atoms with van der Waals surface area (Å²) in [6, 6.07) is 1.77. The summed E-state index contributed by atoms with van der Waals surface area (Å²) in [5, 5.41) is 6.29. The maximum Gasteiger partial charge on any atom is 0.349 e. The Morgan fingerprint density at radius 1 is 1.67 bits per heavy atom. The van der Waals surface area contributed by atoms with Crippen molar-refractivity contribution >= 4 is 17.2 Å². The van der Waals surface area contributed by atoms with Crippen LogP contribution in [0.3, 0.4) is 0 Å². The predicted molar refractivity (Wildman–Crippen MR) is 57.4 cm³/mol. The average Bonchev–Trinajstić information content (AvgIpc) is 2.46. The van der Waals surface area contributed by atoms with Gasteiger partial charge >= 0.3 is 5.69 Å². The van der Waals surface area contributed by atoms with Crippen LogP contribution in [0.25, 0.3) is 5.65 Å². The van der Waals surface area contributed by atoms with Crippen molar-refractivity contribution < 1.29 is 0 Å². The molecule has 1 N–H and O–H groups in total. The van der Waals surface area contributed by atoms with E-state index in [1.165, 1.54) is 4.40 Å². The van der Waals surface area contributed by atoms with Crippen LogP contribution in [-0.4, -0.2) is 25.0 Å². The Bertz CT molecular complexity index is 543. The highest BCUT2D eigenvalue weighted by molar-refractivity contribution is 6.20. The SMILES string of the molecule is Cc1nc(CC(C)Cl)cc2n[nH]c(=O)n12. The summed E-state index contributed by atoms with van der Waals surface area (Å²) in [5.74, 6) is 0.624. The van der Waals surface area contributed by atoms with Crippen molar-refractivity contribution in [3.63, 3.8) is 0 Å². The van der Waals surface area contributed by atoms with Gasteiger partial charge in [0.1, 0.15) is 5.82 Å². The lowest BCUT2D eigenvalue weighted by atomic mass is 10.2. The third kappa shape index (κ3) is 1.87. The summed E-state index contributed by atoms with van der Waals surface area (Å²) in [7, 11) is 0. The molecular weight excluding hydrogens is 216 g/mol. The Morgan fingerprint density at radius 2 is 2.40 bits per heavy atom. The molecule has 0 spiro atoms. The van der Waals surface area contributed by atoms with Gasteiger partial charge in [0.15, 0.2) is 5.65 Å². The van der Waals surface area contributed by atoms with Crippen molar-refractivity contribution in [2.24, 2.45) is 0 Å². The molecule has 6 heteroatoms. The molecule has 15 heavy (non-hydrogen) atoms. The molecule has 0 aliphatic rings. The number of fused-ring (bicyclic) bond motifs is 1. The van der Waals surface area contributed by atoms with Gasteiger partial charge in [-0.3, -0.25) is 0 Å². The normalized spacial score (nSPS) is 13.3. The van der Waals surface area contributed by atoms with Gasteiger partial charge in [-0.1, -0.05) is 0 Å². The average molecular weight is 227 g/mol. The molecular formula is C9H11ClN4O. The zero-order valence-electron chi connectivity index (χ0n) is 8.49. The molecule has 2 heterocycles. The Hall–Kier alpha value is -1.36. The van der Waals surface area contributed by atoms with Crippen LogP contribution in [0.2, 0.25) is 0 Å². The fourth-order valence-electron chi connectivity index (χ4n) is 1.55. The summed E-state index contributed by atoms with van der Waals surface area (Å²) >= 11 is 5.88. The highest BCUT2D eigenvalue weighted by atomic mass is 35.5. The molecule has 0 saturated carbocycles. The molecule has 2 aromatic heterocycles. The highest BCUT2D eigenvalue weighted by Crippen LogP contribution is 2.08. The molecule has 0 aliphatic carbocycles. The molecule has 5 nitrogen and oxygen atoms in total. The van der Waals surface area contributed by atoms with Crippen molar-refractivity contribution in [1.82, 2.24) is 19.6 Å². The Balaban J connectivity index is 2.58. The van der Waals surface area contributed by atoms with E-state index in [9.17, 15) is 4.79 Å². The lowest BCUT2D eigenvalue weighted by Crippen LogP contribution is -2.14. The van der Waals surface area contributed by atoms with Crippen LogP contribution < -0.4 is 5.69 Å². The number of halogens is 1. The van der Waals surface area contributed by atoms with Gasteiger partial charge in [0, 0.05) is 23.6 Å². The number of aryl methyl sites for hydroxylation is 1. The third-order valence-corrected chi connectivity index (χ3v) is 2.27. The van der Waals surface area contributed by atoms with Gasteiger partial charge in [-0.05, 0) is 13.8 Å². The number of nitrogens with one attached hydrogen (secondary N) is 1. The maximum atomic E-state index is 11.3. The lowest BCUT2D eigenvalue weighted by molar-refractivity contribution is 0.845. The van der Waals surface area contributed by atoms with Crippen LogP contribution in [0.1, 0.15) is 18.4 Å². The number of aromatic nitrogens is 4. The number of nitrogens with zero attached hydrogens (tertiary/aromatic N) is 3. The third-order valence-electron chi connectivity index (χ3n) is 2.11. The van der Waals surface area contributed by atoms with Gasteiger partial charge in [-0.15, -0.1) is 11.6 Å². The van der Waals surface area contributed by atoms with Crippen molar-refractivity contribution in [1.29, 1.82) is 0 Å². The minimum Gasteiger partial charge on any atom is -0.246 e. The Morgan fingerprint density at radius 3 is 3.07 bits per heavy atom. The standard InChI is InChI=1S/C9H11ClN4O/c1-5(10)3-7-4-8-12-13-9(15)14(8)6(2)11-7/h4-5H,3H2,1-2H3,(H,13,15). The molecule has 0 bridgehead atoms. The Kier molecular flexibility index (Phi) is 2.48. The highest BCUT2D eigenvalue weighted by Gasteiger charge is 2.08. The smallest absolute Gasteiger partial charge is 0.246 e. The number of H-pyrrole nitrogens is 1. The molecule has 0 radical (unpaired) electrons. The fourth-order valence-corrected chi connectivity index (χ4v) is 1.71. The second-order valence-electron chi connectivity index (χ2n) is 3.50. The summed E-state index contributed by atoms with van der Waals surface area (Å²) < 4.78 is 1.43. The van der Waals surface area contributed by atoms with E-state index in [2.05, 4.69) is 15.2 Å². The second-order valence-corrected chi connectivity index (χ2v) is 4.25. The van der Waals surface area contributed by atoms with Crippen LogP contribution in [0, 0.1) is 6.92 Å². The zero-order valence-corrected chi connectivity index (χ0v) is 9.25. The van der Waals surface area contributed by atoms with Gasteiger partial charge in [0.05, 0.1) is 0 Å². The van der Waals surface area contributed by atoms with Gasteiger partial charge in [-0.25, -0.2) is 19.3 Å². The predicted octanol–water partition coefficient (Wildman–Crippen LogP) is 0.896. The van der Waals surface area contributed by atoms with E-state index >= 15 is 0 Å². The van der Waals surface area contributed by atoms with Gasteiger partial charge < -0.3 is 0 Å². The summed E-state index contributed by atoms with van der Waals surface area (Å²) in [6.45, 7) is 3.67. The summed E-state index contributed by atoms with van der Waals surface area (Å²) in [6.07, 6.45) is 0.667. The maximum absolute atomic E-state index is 11.3. The first kappa shape index (κ1) is 10.2. The van der Waals surface area contributed by atoms with Gasteiger partial charge in [0.2, 0.25) is 0 Å². The summed E-state index contributed by atoms with van der Waals surface area (Å²) in [4.78, 5) is 15.6. The zero-order chi connectivity index (χ0) is 11.0. The minimum absolute atomic E-state index is 0.0185. The van der Waals surface area contributed by atoms with Crippen LogP contribution in [0.5, 0.6) is 0 Å². The largest absolute Gasteiger partial charge is 0.349 e. The van der Waals surface area contributed by atoms with Crippen LogP contribution in [0.4, 0.5) is 0 Å². The van der Waals surface area contributed by atoms with Crippen molar-refractivity contribution in [3.8, 4) is 0 Å². The molecule has 1 unspecified atom stereocenters. The molecule has 1 atom stereocenters. The molecule has 0 aliphatic heterocycles. The fraction of sp³-hybridized carbons (Fsp3) is 0.444. The van der Waals surface area contributed by atoms with Gasteiger partial charge in [-0.2, -0.15) is 5.10 Å². The topological polar surface area (TPSA) is 63.0 Å². The molecule has 80 valence electrons. The number of rotatable bonds is 2. The van der Waals surface area contributed by atoms with Gasteiger partial charge in [0.25, 0.3) is 0 Å². The first-order valence-corrected chi connectivity index (χ1v) is 5.09. The Labute approximate surface area is 91.1 Å². The number of alkyl halides is 1. The molecule has 0 saturated heterocycles. The van der Waals surface area contributed by atoms with E-state index in [4.69, 9.17) is 11.6 Å². The lowest BCUT2D eigenvalue weighted by Gasteiger charge is -2.04. The monoisotopic (exact) mass is 226 g/mol. The number of hydrogen-bond donors (Lipinski definition) is 1. The van der Waals surface area contributed by atoms with Crippen LogP contribution >= 0.6 is 11.6 Å². The minimum atomic E-state index is -0.263. The van der Waals surface area contributed by atoms with Crippen LogP contribution in [0.15, 0.2) is 10.9 Å². The van der Waals surface area contributed by atoms with E-state index < -0.39 is 0 Å². The van der Waals surface area contributed by atoms with E-state index in [-0.39, 0.29) is 11.1 Å². The quantitative estimate of drug-likeness (QED) is 0.774. The molecule has 2 rings (SSSR count). The van der Waals surface area contributed by atoms with E-state index in [1.807, 2.05) is 6.92 Å². The molecule has 2 aromatic rings. The van der Waals surface area contributed by atoms with E-state index in [1.54, 1.807) is 13.0 Å². The first-order chi connectivity index (χ1) is 7.08. The molecule has 0 fully saturated rings. The van der Waals surface area contributed by atoms with E-state index in [0.29, 0.717) is 17.9 Å². The molecule has 0 aromatic carbocycles. The molecule has 0 amide bonds. The second kappa shape index (κ2) is 3.66. The summed E-state index contributed by atoms with van der Waals surface area (Å²) in [5.41, 5.74) is 1.17. The van der Waals surface area contributed by atoms with Crippen LogP contribution in [-0.2, 0) is 6.42 Å². The van der Waals surface area contributed by atoms with Crippen molar-refractivity contribution in [2.45, 2.75) is 25.6 Å². The number of aromatic amines is 1. The number of hydrogen-bond acceptors (Lipinski definition) is 3. The van der Waals surface area contributed by atoms with Crippen molar-refractivity contribution in [3.05, 3.63) is 28.1 Å².